The van der Waals surface area contributed by atoms with Gasteiger partial charge in [0, 0.05) is 18.9 Å². The van der Waals surface area contributed by atoms with E-state index in [2.05, 4.69) is 48.5 Å². The van der Waals surface area contributed by atoms with Gasteiger partial charge in [0.1, 0.15) is 6.71 Å². The maximum atomic E-state index is 2.38. The first-order valence-electron chi connectivity index (χ1n) is 5.73. The van der Waals surface area contributed by atoms with E-state index in [1.165, 1.54) is 12.6 Å². The molecule has 2 heteroatoms. The first kappa shape index (κ1) is 17.1. The third kappa shape index (κ3) is 8.01. The van der Waals surface area contributed by atoms with Crippen LogP contribution < -0.4 is 0 Å². The zero-order valence-corrected chi connectivity index (χ0v) is 11.6. The Bertz CT molecular complexity index is 126. The van der Waals surface area contributed by atoms with Crippen LogP contribution in [0.1, 0.15) is 48.5 Å². The van der Waals surface area contributed by atoms with Crippen LogP contribution in [0.25, 0.3) is 0 Å². The zero-order valence-electron chi connectivity index (χ0n) is 11.6. The van der Waals surface area contributed by atoms with E-state index in [4.69, 9.17) is 0 Å². The van der Waals surface area contributed by atoms with Gasteiger partial charge in [-0.15, -0.1) is 0 Å². The van der Waals surface area contributed by atoms with Crippen LogP contribution in [-0.4, -0.2) is 25.6 Å². The standard InChI is InChI=1S/C12H27B.Li/c1-10(2)8-13(9-11(3)4)12(5,6)7;/h10-11H,8-9H2,1-7H3;. The van der Waals surface area contributed by atoms with Gasteiger partial charge in [0.15, 0.2) is 0 Å². The average Bonchev–Trinajstić information content (AvgIpc) is 1.81. The van der Waals surface area contributed by atoms with Crippen LogP contribution in [-0.2, 0) is 0 Å². The van der Waals surface area contributed by atoms with E-state index < -0.39 is 0 Å². The number of hydrogen-bond donors (Lipinski definition) is 0. The van der Waals surface area contributed by atoms with Crippen LogP contribution in [0.3, 0.4) is 0 Å². The summed E-state index contributed by atoms with van der Waals surface area (Å²) in [7, 11) is 0. The van der Waals surface area contributed by atoms with E-state index in [-0.39, 0.29) is 18.9 Å². The molecule has 0 spiro atoms. The van der Waals surface area contributed by atoms with Crippen LogP contribution in [0.5, 0.6) is 0 Å². The summed E-state index contributed by atoms with van der Waals surface area (Å²) in [5.74, 6) is 1.67. The molecule has 0 saturated heterocycles. The first-order chi connectivity index (χ1) is 5.73. The normalized spacial score (nSPS) is 11.8. The van der Waals surface area contributed by atoms with Gasteiger partial charge >= 0.3 is 0 Å². The summed E-state index contributed by atoms with van der Waals surface area (Å²) in [5.41, 5.74) is 0. The molecular formula is C12H27BLi. The van der Waals surface area contributed by atoms with Crippen molar-refractivity contribution in [2.24, 2.45) is 11.8 Å². The predicted molar refractivity (Wildman–Crippen MR) is 70.5 cm³/mol. The molecule has 0 bridgehead atoms. The molecule has 0 unspecified atom stereocenters. The Kier molecular flexibility index (Phi) is 8.56. The van der Waals surface area contributed by atoms with Crippen molar-refractivity contribution in [3.63, 3.8) is 0 Å². The van der Waals surface area contributed by atoms with Gasteiger partial charge < -0.3 is 0 Å². The van der Waals surface area contributed by atoms with Crippen LogP contribution >= 0.6 is 0 Å². The van der Waals surface area contributed by atoms with E-state index in [0.717, 1.165) is 18.5 Å². The summed E-state index contributed by atoms with van der Waals surface area (Å²) < 4.78 is 0. The van der Waals surface area contributed by atoms with Crippen LogP contribution in [0.4, 0.5) is 0 Å². The minimum atomic E-state index is 0. The molecule has 0 aliphatic rings. The molecule has 1 radical (unpaired) electrons. The van der Waals surface area contributed by atoms with Gasteiger partial charge in [-0.05, 0) is 0 Å². The minimum absolute atomic E-state index is 0. The zero-order chi connectivity index (χ0) is 10.6. The molecule has 0 aromatic heterocycles. The third-order valence-corrected chi connectivity index (χ3v) is 2.74. The summed E-state index contributed by atoms with van der Waals surface area (Å²) in [6.07, 6.45) is 2.75. The molecule has 0 amide bonds. The average molecular weight is 189 g/mol. The van der Waals surface area contributed by atoms with E-state index >= 15 is 0 Å². The predicted octanol–water partition coefficient (Wildman–Crippen LogP) is 4.21. The van der Waals surface area contributed by atoms with Crippen molar-refractivity contribution in [1.29, 1.82) is 0 Å². The summed E-state index contributed by atoms with van der Waals surface area (Å²) in [5, 5.41) is 0.481. The minimum Gasteiger partial charge on any atom is -0.0714 e. The second kappa shape index (κ2) is 7.02. The van der Waals surface area contributed by atoms with Gasteiger partial charge in [-0.2, -0.15) is 0 Å². The third-order valence-electron chi connectivity index (χ3n) is 2.74. The molecule has 0 aliphatic carbocycles. The van der Waals surface area contributed by atoms with Crippen LogP contribution in [0, 0.1) is 11.8 Å². The number of hydrogen-bond acceptors (Lipinski definition) is 0. The summed E-state index contributed by atoms with van der Waals surface area (Å²) in [4.78, 5) is 0. The topological polar surface area (TPSA) is 0 Å². The molecular weight excluding hydrogens is 162 g/mol. The van der Waals surface area contributed by atoms with Crippen molar-refractivity contribution in [2.75, 3.05) is 0 Å². The largest absolute Gasteiger partial charge is 0.146 e. The molecule has 0 N–H and O–H groups in total. The van der Waals surface area contributed by atoms with Gasteiger partial charge in [0.05, 0.1) is 0 Å². The van der Waals surface area contributed by atoms with Gasteiger partial charge in [-0.3, -0.25) is 0 Å². The van der Waals surface area contributed by atoms with E-state index in [1.807, 2.05) is 0 Å². The SMILES string of the molecule is CC(C)CB(CC(C)C)C(C)(C)C.[Li]. The molecule has 0 rings (SSSR count). The van der Waals surface area contributed by atoms with Crippen molar-refractivity contribution in [1.82, 2.24) is 0 Å². The fourth-order valence-electron chi connectivity index (χ4n) is 1.94. The van der Waals surface area contributed by atoms with Crippen LogP contribution in [0.2, 0.25) is 18.0 Å². The Morgan fingerprint density at radius 3 is 1.29 bits per heavy atom. The van der Waals surface area contributed by atoms with Gasteiger partial charge in [-0.25, -0.2) is 0 Å². The second-order valence-corrected chi connectivity index (χ2v) is 6.32. The Morgan fingerprint density at radius 1 is 0.857 bits per heavy atom. The molecule has 0 aromatic rings. The molecule has 0 atom stereocenters. The van der Waals surface area contributed by atoms with Crippen molar-refractivity contribution >= 4 is 25.6 Å². The van der Waals surface area contributed by atoms with Gasteiger partial charge in [0.2, 0.25) is 0 Å². The van der Waals surface area contributed by atoms with Crippen molar-refractivity contribution in [2.45, 2.75) is 66.4 Å². The molecule has 0 aromatic carbocycles. The second-order valence-electron chi connectivity index (χ2n) is 6.32. The first-order valence-corrected chi connectivity index (χ1v) is 5.73. The van der Waals surface area contributed by atoms with Crippen molar-refractivity contribution < 1.29 is 0 Å². The Hall–Kier alpha value is 0.662. The molecule has 14 heavy (non-hydrogen) atoms. The molecule has 0 nitrogen and oxygen atoms in total. The van der Waals surface area contributed by atoms with Gasteiger partial charge in [0.25, 0.3) is 0 Å². The Balaban J connectivity index is 0. The van der Waals surface area contributed by atoms with Crippen LogP contribution in [0.15, 0.2) is 0 Å². The Labute approximate surface area is 104 Å². The Morgan fingerprint density at radius 2 is 1.14 bits per heavy atom. The fraction of sp³-hybridized carbons (Fsp3) is 1.00. The summed E-state index contributed by atoms with van der Waals surface area (Å²) >= 11 is 0. The summed E-state index contributed by atoms with van der Waals surface area (Å²) in [6, 6.07) is 0. The fourth-order valence-corrected chi connectivity index (χ4v) is 1.94. The monoisotopic (exact) mass is 189 g/mol. The van der Waals surface area contributed by atoms with Gasteiger partial charge in [-0.1, -0.05) is 78.3 Å². The molecule has 0 aliphatic heterocycles. The molecule has 79 valence electrons. The van der Waals surface area contributed by atoms with E-state index in [9.17, 15) is 0 Å². The quantitative estimate of drug-likeness (QED) is 0.581. The van der Waals surface area contributed by atoms with Crippen molar-refractivity contribution in [3.05, 3.63) is 0 Å². The van der Waals surface area contributed by atoms with E-state index in [0.29, 0.717) is 5.31 Å². The molecule has 0 fully saturated rings. The van der Waals surface area contributed by atoms with Crippen molar-refractivity contribution in [3.8, 4) is 0 Å². The molecule has 0 saturated carbocycles. The maximum Gasteiger partial charge on any atom is 0.146 e. The smallest absolute Gasteiger partial charge is 0.0714 e. The summed E-state index contributed by atoms with van der Waals surface area (Å²) in [6.45, 7) is 17.3. The molecule has 0 heterocycles. The van der Waals surface area contributed by atoms with E-state index in [1.54, 1.807) is 0 Å². The number of rotatable bonds is 4. The maximum absolute atomic E-state index is 2.38.